The van der Waals surface area contributed by atoms with E-state index < -0.39 is 0 Å². The van der Waals surface area contributed by atoms with E-state index >= 15 is 0 Å². The van der Waals surface area contributed by atoms with Crippen LogP contribution in [0.15, 0.2) is 59.8 Å². The third-order valence-electron chi connectivity index (χ3n) is 5.53. The van der Waals surface area contributed by atoms with Crippen LogP contribution in [0.4, 0.5) is 0 Å². The Kier molecular flexibility index (Phi) is 7.25. The maximum absolute atomic E-state index is 12.9. The van der Waals surface area contributed by atoms with Crippen LogP contribution in [-0.4, -0.2) is 51.5 Å². The van der Waals surface area contributed by atoms with E-state index in [1.165, 1.54) is 31.0 Å². The van der Waals surface area contributed by atoms with Gasteiger partial charge in [-0.2, -0.15) is 0 Å². The highest BCUT2D eigenvalue weighted by atomic mass is 32.2. The van der Waals surface area contributed by atoms with Crippen molar-refractivity contribution in [1.29, 1.82) is 0 Å². The molecular formula is C24H28N4O2S. The Hall–Kier alpha value is -2.80. The van der Waals surface area contributed by atoms with Gasteiger partial charge in [-0.3, -0.25) is 9.36 Å². The molecule has 6 nitrogen and oxygen atoms in total. The van der Waals surface area contributed by atoms with Gasteiger partial charge in [-0.05, 0) is 49.2 Å². The van der Waals surface area contributed by atoms with Crippen molar-refractivity contribution in [2.24, 2.45) is 0 Å². The van der Waals surface area contributed by atoms with Crippen LogP contribution in [0, 0.1) is 0 Å². The SMILES string of the molecule is COc1ccc(-c2nnc(SCC(=O)N3CCCCCCC3)n2-c2ccccc2)cc1. The summed E-state index contributed by atoms with van der Waals surface area (Å²) in [4.78, 5) is 14.9. The molecule has 1 amide bonds. The molecule has 1 aliphatic heterocycles. The summed E-state index contributed by atoms with van der Waals surface area (Å²) in [6.07, 6.45) is 5.90. The third kappa shape index (κ3) is 5.28. The summed E-state index contributed by atoms with van der Waals surface area (Å²) in [6.45, 7) is 1.73. The highest BCUT2D eigenvalue weighted by molar-refractivity contribution is 7.99. The van der Waals surface area contributed by atoms with Crippen LogP contribution < -0.4 is 4.74 Å². The molecule has 0 saturated carbocycles. The summed E-state index contributed by atoms with van der Waals surface area (Å²) < 4.78 is 7.30. The topological polar surface area (TPSA) is 60.3 Å². The van der Waals surface area contributed by atoms with E-state index in [1.54, 1.807) is 7.11 Å². The molecule has 1 fully saturated rings. The number of ether oxygens (including phenoxy) is 1. The molecule has 0 aliphatic carbocycles. The van der Waals surface area contributed by atoms with Crippen molar-refractivity contribution in [3.8, 4) is 22.8 Å². The predicted octanol–water partition coefficient (Wildman–Crippen LogP) is 4.83. The van der Waals surface area contributed by atoms with Crippen LogP contribution in [0.2, 0.25) is 0 Å². The number of carbonyl (C=O) groups is 1. The van der Waals surface area contributed by atoms with Gasteiger partial charge in [-0.25, -0.2) is 0 Å². The van der Waals surface area contributed by atoms with Crippen LogP contribution in [0.3, 0.4) is 0 Å². The molecule has 1 saturated heterocycles. The van der Waals surface area contributed by atoms with Gasteiger partial charge in [-0.15, -0.1) is 10.2 Å². The fraction of sp³-hybridized carbons (Fsp3) is 0.375. The number of methoxy groups -OCH3 is 1. The van der Waals surface area contributed by atoms with Crippen molar-refractivity contribution in [2.75, 3.05) is 26.0 Å². The number of para-hydroxylation sites is 1. The number of likely N-dealkylation sites (tertiary alicyclic amines) is 1. The van der Waals surface area contributed by atoms with Crippen LogP contribution in [0.1, 0.15) is 32.1 Å². The molecule has 1 aromatic heterocycles. The minimum atomic E-state index is 0.181. The van der Waals surface area contributed by atoms with Gasteiger partial charge in [0.2, 0.25) is 5.91 Å². The molecule has 2 heterocycles. The summed E-state index contributed by atoms with van der Waals surface area (Å²) in [5.74, 6) is 2.09. The molecule has 0 radical (unpaired) electrons. The molecule has 0 bridgehead atoms. The highest BCUT2D eigenvalue weighted by Crippen LogP contribution is 2.29. The fourth-order valence-corrected chi connectivity index (χ4v) is 4.67. The Morgan fingerprint density at radius 3 is 2.29 bits per heavy atom. The van der Waals surface area contributed by atoms with Crippen LogP contribution >= 0.6 is 11.8 Å². The first-order valence-electron chi connectivity index (χ1n) is 10.8. The average Bonchev–Trinajstić information content (AvgIpc) is 3.22. The third-order valence-corrected chi connectivity index (χ3v) is 6.44. The quantitative estimate of drug-likeness (QED) is 0.518. The van der Waals surface area contributed by atoms with Crippen LogP contribution in [-0.2, 0) is 4.79 Å². The van der Waals surface area contributed by atoms with E-state index in [0.29, 0.717) is 5.75 Å². The van der Waals surface area contributed by atoms with Gasteiger partial charge in [0.15, 0.2) is 11.0 Å². The van der Waals surface area contributed by atoms with E-state index in [0.717, 1.165) is 53.9 Å². The zero-order valence-electron chi connectivity index (χ0n) is 17.9. The first-order valence-corrected chi connectivity index (χ1v) is 11.8. The van der Waals surface area contributed by atoms with Gasteiger partial charge >= 0.3 is 0 Å². The Balaban J connectivity index is 1.57. The molecule has 0 N–H and O–H groups in total. The summed E-state index contributed by atoms with van der Waals surface area (Å²) >= 11 is 1.45. The molecule has 31 heavy (non-hydrogen) atoms. The van der Waals surface area contributed by atoms with Crippen molar-refractivity contribution in [2.45, 2.75) is 37.3 Å². The summed E-state index contributed by atoms with van der Waals surface area (Å²) in [7, 11) is 1.65. The van der Waals surface area contributed by atoms with E-state index in [9.17, 15) is 4.79 Å². The number of hydrogen-bond donors (Lipinski definition) is 0. The number of amides is 1. The Morgan fingerprint density at radius 1 is 0.935 bits per heavy atom. The minimum Gasteiger partial charge on any atom is -0.497 e. The van der Waals surface area contributed by atoms with Gasteiger partial charge in [-0.1, -0.05) is 49.2 Å². The maximum atomic E-state index is 12.9. The van der Waals surface area contributed by atoms with Gasteiger partial charge < -0.3 is 9.64 Å². The number of nitrogens with zero attached hydrogens (tertiary/aromatic N) is 4. The van der Waals surface area contributed by atoms with Crippen molar-refractivity contribution >= 4 is 17.7 Å². The molecule has 0 atom stereocenters. The number of rotatable bonds is 6. The Labute approximate surface area is 187 Å². The Morgan fingerprint density at radius 2 is 1.61 bits per heavy atom. The van der Waals surface area contributed by atoms with Crippen molar-refractivity contribution in [3.05, 3.63) is 54.6 Å². The maximum Gasteiger partial charge on any atom is 0.233 e. The predicted molar refractivity (Wildman–Crippen MR) is 124 cm³/mol. The van der Waals surface area contributed by atoms with Crippen molar-refractivity contribution in [1.82, 2.24) is 19.7 Å². The first-order chi connectivity index (χ1) is 15.3. The van der Waals surface area contributed by atoms with E-state index in [-0.39, 0.29) is 5.91 Å². The molecular weight excluding hydrogens is 408 g/mol. The second-order valence-corrected chi connectivity index (χ2v) is 8.59. The normalized spacial score (nSPS) is 14.7. The number of hydrogen-bond acceptors (Lipinski definition) is 5. The first kappa shape index (κ1) is 21.4. The number of thioether (sulfide) groups is 1. The van der Waals surface area contributed by atoms with E-state index in [4.69, 9.17) is 4.74 Å². The second-order valence-electron chi connectivity index (χ2n) is 7.64. The lowest BCUT2D eigenvalue weighted by molar-refractivity contribution is -0.128. The molecule has 3 aromatic rings. The van der Waals surface area contributed by atoms with E-state index in [1.807, 2.05) is 64.1 Å². The monoisotopic (exact) mass is 436 g/mol. The zero-order valence-corrected chi connectivity index (χ0v) is 18.7. The largest absolute Gasteiger partial charge is 0.497 e. The lowest BCUT2D eigenvalue weighted by Crippen LogP contribution is -2.35. The summed E-state index contributed by atoms with van der Waals surface area (Å²) in [5.41, 5.74) is 1.92. The lowest BCUT2D eigenvalue weighted by atomic mass is 10.1. The van der Waals surface area contributed by atoms with Crippen LogP contribution in [0.5, 0.6) is 5.75 Å². The van der Waals surface area contributed by atoms with Gasteiger partial charge in [0.1, 0.15) is 5.75 Å². The van der Waals surface area contributed by atoms with Gasteiger partial charge in [0.05, 0.1) is 12.9 Å². The summed E-state index contributed by atoms with van der Waals surface area (Å²) in [5, 5.41) is 9.62. The molecule has 0 unspecified atom stereocenters. The van der Waals surface area contributed by atoms with Gasteiger partial charge in [0, 0.05) is 24.3 Å². The standard InChI is InChI=1S/C24H28N4O2S/c1-30-21-14-12-19(13-15-21)23-25-26-24(28(23)20-10-6-5-7-11-20)31-18-22(29)27-16-8-3-2-4-9-17-27/h5-7,10-15H,2-4,8-9,16-18H2,1H3. The molecule has 2 aromatic carbocycles. The summed E-state index contributed by atoms with van der Waals surface area (Å²) in [6, 6.07) is 17.8. The number of aromatic nitrogens is 3. The fourth-order valence-electron chi connectivity index (χ4n) is 3.81. The number of benzene rings is 2. The van der Waals surface area contributed by atoms with Crippen LogP contribution in [0.25, 0.3) is 17.1 Å². The van der Waals surface area contributed by atoms with E-state index in [2.05, 4.69) is 10.2 Å². The highest BCUT2D eigenvalue weighted by Gasteiger charge is 2.20. The van der Waals surface area contributed by atoms with Crippen molar-refractivity contribution < 1.29 is 9.53 Å². The molecule has 162 valence electrons. The molecule has 4 rings (SSSR count). The molecule has 0 spiro atoms. The van der Waals surface area contributed by atoms with Crippen molar-refractivity contribution in [3.63, 3.8) is 0 Å². The minimum absolute atomic E-state index is 0.181. The Bertz CT molecular complexity index is 981. The second kappa shape index (κ2) is 10.5. The average molecular weight is 437 g/mol. The smallest absolute Gasteiger partial charge is 0.233 e. The van der Waals surface area contributed by atoms with Gasteiger partial charge in [0.25, 0.3) is 0 Å². The molecule has 1 aliphatic rings. The number of carbonyl (C=O) groups excluding carboxylic acids is 1. The molecule has 7 heteroatoms. The lowest BCUT2D eigenvalue weighted by Gasteiger charge is -2.24. The zero-order chi connectivity index (χ0) is 21.5.